The van der Waals surface area contributed by atoms with Crippen LogP contribution in [0.1, 0.15) is 6.42 Å². The molecule has 2 N–H and O–H groups in total. The van der Waals surface area contributed by atoms with Crippen LogP contribution >= 0.6 is 0 Å². The summed E-state index contributed by atoms with van der Waals surface area (Å²) in [6.07, 6.45) is 4.85. The van der Waals surface area contributed by atoms with Crippen LogP contribution in [0.2, 0.25) is 0 Å². The molecule has 1 saturated heterocycles. The molecule has 1 aliphatic heterocycles. The number of fused-ring (bicyclic) bond motifs is 2. The molecule has 4 aromatic heterocycles. The number of alkyl halides is 1. The van der Waals surface area contributed by atoms with Crippen LogP contribution < -0.4 is 10.6 Å². The fraction of sp³-hybridized carbons (Fsp3) is 0.350. The number of aromatic nitrogens is 6. The van der Waals surface area contributed by atoms with E-state index in [1.54, 1.807) is 24.0 Å². The van der Waals surface area contributed by atoms with Gasteiger partial charge in [-0.15, -0.1) is 5.10 Å². The van der Waals surface area contributed by atoms with Crippen molar-refractivity contribution in [3.8, 4) is 11.3 Å². The van der Waals surface area contributed by atoms with E-state index in [1.165, 1.54) is 0 Å². The molecular formula is C20H22FN9. The van der Waals surface area contributed by atoms with Crippen molar-refractivity contribution in [3.63, 3.8) is 0 Å². The quantitative estimate of drug-likeness (QED) is 0.532. The van der Waals surface area contributed by atoms with Crippen LogP contribution in [0, 0.1) is 0 Å². The summed E-state index contributed by atoms with van der Waals surface area (Å²) < 4.78 is 16.2. The molecule has 0 aromatic carbocycles. The predicted molar refractivity (Wildman–Crippen MR) is 113 cm³/mol. The van der Waals surface area contributed by atoms with Crippen molar-refractivity contribution in [2.75, 3.05) is 37.8 Å². The molecule has 0 bridgehead atoms. The summed E-state index contributed by atoms with van der Waals surface area (Å²) in [7, 11) is 3.73. The fourth-order valence-corrected chi connectivity index (χ4v) is 3.86. The van der Waals surface area contributed by atoms with E-state index in [0.717, 1.165) is 28.8 Å². The Labute approximate surface area is 172 Å². The number of piperidine rings is 1. The van der Waals surface area contributed by atoms with Gasteiger partial charge in [0.05, 0.1) is 11.7 Å². The van der Waals surface area contributed by atoms with Gasteiger partial charge in [-0.2, -0.15) is 4.98 Å². The highest BCUT2D eigenvalue weighted by atomic mass is 19.1. The number of halogens is 1. The smallest absolute Gasteiger partial charge is 0.243 e. The molecule has 0 aliphatic carbocycles. The highest BCUT2D eigenvalue weighted by Gasteiger charge is 2.28. The number of anilines is 2. The van der Waals surface area contributed by atoms with Crippen LogP contribution in [0.4, 0.5) is 16.2 Å². The average molecular weight is 407 g/mol. The van der Waals surface area contributed by atoms with E-state index in [2.05, 4.69) is 35.7 Å². The number of rotatable bonds is 4. The summed E-state index contributed by atoms with van der Waals surface area (Å²) >= 11 is 0. The molecule has 0 radical (unpaired) electrons. The summed E-state index contributed by atoms with van der Waals surface area (Å²) in [6.45, 7) is 1.24. The minimum absolute atomic E-state index is 0.306. The van der Waals surface area contributed by atoms with Gasteiger partial charge in [0.15, 0.2) is 11.5 Å². The first-order valence-corrected chi connectivity index (χ1v) is 9.87. The van der Waals surface area contributed by atoms with E-state index in [-0.39, 0.29) is 6.04 Å². The van der Waals surface area contributed by atoms with Gasteiger partial charge in [-0.25, -0.2) is 18.9 Å². The monoisotopic (exact) mass is 407 g/mol. The zero-order chi connectivity index (χ0) is 20.7. The lowest BCUT2D eigenvalue weighted by molar-refractivity contribution is 0.149. The van der Waals surface area contributed by atoms with Gasteiger partial charge in [0.25, 0.3) is 0 Å². The lowest BCUT2D eigenvalue weighted by Crippen LogP contribution is -2.46. The van der Waals surface area contributed by atoms with Gasteiger partial charge in [-0.3, -0.25) is 4.98 Å². The van der Waals surface area contributed by atoms with Crippen molar-refractivity contribution < 1.29 is 4.39 Å². The normalized spacial score (nSPS) is 20.0. The molecule has 5 rings (SSSR count). The molecule has 5 heterocycles. The molecule has 154 valence electrons. The van der Waals surface area contributed by atoms with Crippen LogP contribution in [0.15, 0.2) is 36.8 Å². The first-order valence-electron chi connectivity index (χ1n) is 9.87. The lowest BCUT2D eigenvalue weighted by Gasteiger charge is -2.32. The van der Waals surface area contributed by atoms with Gasteiger partial charge >= 0.3 is 0 Å². The van der Waals surface area contributed by atoms with E-state index in [4.69, 9.17) is 0 Å². The summed E-state index contributed by atoms with van der Waals surface area (Å²) in [5, 5.41) is 10.9. The summed E-state index contributed by atoms with van der Waals surface area (Å²) in [5.74, 6) is 1.03. The van der Waals surface area contributed by atoms with Crippen molar-refractivity contribution in [2.24, 2.45) is 0 Å². The van der Waals surface area contributed by atoms with E-state index in [9.17, 15) is 4.39 Å². The molecule has 2 atom stereocenters. The molecule has 4 aromatic rings. The SMILES string of the molecule is CNc1nc(N[C@H]2CCN(C)C[C@H]2F)nn2ccc(-c3ccc4nccnc4n3)c12. The molecular weight excluding hydrogens is 385 g/mol. The maximum atomic E-state index is 14.4. The number of pyridine rings is 1. The maximum absolute atomic E-state index is 14.4. The summed E-state index contributed by atoms with van der Waals surface area (Å²) in [6, 6.07) is 5.43. The first kappa shape index (κ1) is 18.6. The van der Waals surface area contributed by atoms with Gasteiger partial charge in [-0.05, 0) is 31.7 Å². The van der Waals surface area contributed by atoms with Crippen molar-refractivity contribution in [3.05, 3.63) is 36.8 Å². The zero-order valence-corrected chi connectivity index (χ0v) is 16.7. The number of hydrogen-bond acceptors (Lipinski definition) is 8. The number of hydrogen-bond donors (Lipinski definition) is 2. The van der Waals surface area contributed by atoms with Gasteiger partial charge in [0.1, 0.15) is 17.2 Å². The van der Waals surface area contributed by atoms with Gasteiger partial charge in [-0.1, -0.05) is 0 Å². The van der Waals surface area contributed by atoms with E-state index in [1.807, 2.05) is 36.3 Å². The predicted octanol–water partition coefficient (Wildman–Crippen LogP) is 2.23. The summed E-state index contributed by atoms with van der Waals surface area (Å²) in [5.41, 5.74) is 3.74. The van der Waals surface area contributed by atoms with Crippen LogP contribution in [0.5, 0.6) is 0 Å². The Balaban J connectivity index is 1.52. The Morgan fingerprint density at radius 3 is 2.83 bits per heavy atom. The third-order valence-electron chi connectivity index (χ3n) is 5.41. The van der Waals surface area contributed by atoms with Crippen LogP contribution in [0.3, 0.4) is 0 Å². The Morgan fingerprint density at radius 2 is 2.00 bits per heavy atom. The molecule has 0 spiro atoms. The summed E-state index contributed by atoms with van der Waals surface area (Å²) in [4.78, 5) is 19.8. The third-order valence-corrected chi connectivity index (χ3v) is 5.41. The van der Waals surface area contributed by atoms with Crippen molar-refractivity contribution in [2.45, 2.75) is 18.6 Å². The molecule has 30 heavy (non-hydrogen) atoms. The third kappa shape index (κ3) is 3.28. The number of nitrogens with zero attached hydrogens (tertiary/aromatic N) is 7. The average Bonchev–Trinajstić information content (AvgIpc) is 3.19. The van der Waals surface area contributed by atoms with E-state index < -0.39 is 6.17 Å². The Morgan fingerprint density at radius 1 is 1.13 bits per heavy atom. The minimum Gasteiger partial charge on any atom is -0.371 e. The maximum Gasteiger partial charge on any atom is 0.243 e. The van der Waals surface area contributed by atoms with Crippen LogP contribution in [-0.4, -0.2) is 73.8 Å². The highest BCUT2D eigenvalue weighted by Crippen LogP contribution is 2.30. The van der Waals surface area contributed by atoms with Gasteiger partial charge < -0.3 is 15.5 Å². The number of likely N-dealkylation sites (tertiary alicyclic amines) is 1. The second-order valence-corrected chi connectivity index (χ2v) is 7.47. The lowest BCUT2D eigenvalue weighted by atomic mass is 10.0. The largest absolute Gasteiger partial charge is 0.371 e. The van der Waals surface area contributed by atoms with Crippen molar-refractivity contribution >= 4 is 28.4 Å². The molecule has 9 nitrogen and oxygen atoms in total. The Bertz CT molecular complexity index is 1210. The standard InChI is InChI=1S/C20H22FN9/c1-22-19-17-12(14-3-4-16-18(25-14)24-8-7-23-16)5-10-30(17)28-20(27-19)26-15-6-9-29(2)11-13(15)21/h3-5,7-8,10,13,15H,6,9,11H2,1-2H3,(H2,22,26,27,28)/t13-,15+/m1/s1. The topological polar surface area (TPSA) is 96.2 Å². The highest BCUT2D eigenvalue weighted by molar-refractivity contribution is 5.89. The first-order chi connectivity index (χ1) is 14.6. The fourth-order valence-electron chi connectivity index (χ4n) is 3.86. The molecule has 10 heteroatoms. The van der Waals surface area contributed by atoms with Crippen LogP contribution in [-0.2, 0) is 0 Å². The van der Waals surface area contributed by atoms with Crippen molar-refractivity contribution in [1.82, 2.24) is 34.4 Å². The molecule has 0 saturated carbocycles. The molecule has 1 fully saturated rings. The Kier molecular flexibility index (Phi) is 4.62. The molecule has 1 aliphatic rings. The Hall–Kier alpha value is -3.40. The molecule has 0 unspecified atom stereocenters. The number of nitrogens with one attached hydrogen (secondary N) is 2. The molecule has 0 amide bonds. The van der Waals surface area contributed by atoms with Gasteiger partial charge in [0, 0.05) is 44.3 Å². The van der Waals surface area contributed by atoms with E-state index >= 15 is 0 Å². The van der Waals surface area contributed by atoms with Gasteiger partial charge in [0.2, 0.25) is 5.95 Å². The van der Waals surface area contributed by atoms with E-state index in [0.29, 0.717) is 30.4 Å². The minimum atomic E-state index is -0.968. The van der Waals surface area contributed by atoms with Crippen LogP contribution in [0.25, 0.3) is 27.9 Å². The second kappa shape index (κ2) is 7.45. The second-order valence-electron chi connectivity index (χ2n) is 7.47. The zero-order valence-electron chi connectivity index (χ0n) is 16.7. The van der Waals surface area contributed by atoms with Crippen molar-refractivity contribution in [1.29, 1.82) is 0 Å².